The zero-order valence-electron chi connectivity index (χ0n) is 24.1. The summed E-state index contributed by atoms with van der Waals surface area (Å²) < 4.78 is 0. The molecule has 7 aromatic carbocycles. The van der Waals surface area contributed by atoms with Gasteiger partial charge >= 0.3 is 0 Å². The van der Waals surface area contributed by atoms with Gasteiger partial charge in [-0.05, 0) is 147 Å². The molecule has 0 spiro atoms. The molecule has 1 aliphatic rings. The van der Waals surface area contributed by atoms with Crippen molar-refractivity contribution in [1.82, 2.24) is 0 Å². The molecule has 1 nitrogen and oxygen atoms in total. The number of rotatable bonds is 4. The van der Waals surface area contributed by atoms with Crippen LogP contribution in [-0.4, -0.2) is 0 Å². The molecule has 0 bridgehead atoms. The van der Waals surface area contributed by atoms with E-state index in [1.54, 1.807) is 0 Å². The van der Waals surface area contributed by atoms with Gasteiger partial charge in [0.25, 0.3) is 0 Å². The fourth-order valence-electron chi connectivity index (χ4n) is 6.54. The Kier molecular flexibility index (Phi) is 5.55. The van der Waals surface area contributed by atoms with Gasteiger partial charge in [0, 0.05) is 17.1 Å². The van der Waals surface area contributed by atoms with Crippen LogP contribution >= 0.6 is 0 Å². The van der Waals surface area contributed by atoms with E-state index in [1.807, 2.05) is 0 Å². The van der Waals surface area contributed by atoms with Crippen molar-refractivity contribution in [2.45, 2.75) is 20.8 Å². The molecule has 200 valence electrons. The van der Waals surface area contributed by atoms with E-state index >= 15 is 0 Å². The minimum absolute atomic E-state index is 1.18. The minimum Gasteiger partial charge on any atom is -0.310 e. The van der Waals surface area contributed by atoms with Crippen molar-refractivity contribution in [3.63, 3.8) is 0 Å². The lowest BCUT2D eigenvalue weighted by molar-refractivity contribution is 1.22. The van der Waals surface area contributed by atoms with Crippen LogP contribution < -0.4 is 4.90 Å². The zero-order chi connectivity index (χ0) is 28.4. The molecule has 0 aromatic heterocycles. The third kappa shape index (κ3) is 3.93. The molecule has 7 aromatic rings. The van der Waals surface area contributed by atoms with Crippen molar-refractivity contribution in [2.24, 2.45) is 0 Å². The SMILES string of the molecule is Cc1ccc(C)c(N(c2ccc3cc4c(cc3c2)-c2cc3cc(-c5ccccc5)ccc3cc2-4)c2ccccc2C)c1. The van der Waals surface area contributed by atoms with Crippen molar-refractivity contribution in [1.29, 1.82) is 0 Å². The first kappa shape index (κ1) is 24.6. The molecule has 0 saturated carbocycles. The Morgan fingerprint density at radius 2 is 0.976 bits per heavy atom. The van der Waals surface area contributed by atoms with Crippen LogP contribution in [0.25, 0.3) is 54.9 Å². The Bertz CT molecular complexity index is 2170. The second kappa shape index (κ2) is 9.46. The minimum atomic E-state index is 1.18. The third-order valence-electron chi connectivity index (χ3n) is 8.84. The molecule has 1 heteroatoms. The zero-order valence-corrected chi connectivity index (χ0v) is 24.1. The van der Waals surface area contributed by atoms with Crippen LogP contribution in [0.4, 0.5) is 17.1 Å². The quantitative estimate of drug-likeness (QED) is 0.216. The molecule has 0 saturated heterocycles. The summed E-state index contributed by atoms with van der Waals surface area (Å²) in [4.78, 5) is 2.42. The Morgan fingerprint density at radius 3 is 1.69 bits per heavy atom. The largest absolute Gasteiger partial charge is 0.310 e. The van der Waals surface area contributed by atoms with Gasteiger partial charge in [0.05, 0.1) is 0 Å². The molecular weight excluding hydrogens is 506 g/mol. The molecule has 0 unspecified atom stereocenters. The van der Waals surface area contributed by atoms with E-state index < -0.39 is 0 Å². The van der Waals surface area contributed by atoms with E-state index in [0.29, 0.717) is 0 Å². The maximum absolute atomic E-state index is 2.42. The normalized spacial score (nSPS) is 11.7. The number of hydrogen-bond donors (Lipinski definition) is 0. The summed E-state index contributed by atoms with van der Waals surface area (Å²) in [6.45, 7) is 6.57. The number of benzene rings is 7. The van der Waals surface area contributed by atoms with E-state index in [2.05, 4.69) is 159 Å². The van der Waals surface area contributed by atoms with Gasteiger partial charge in [-0.3, -0.25) is 0 Å². The predicted molar refractivity (Wildman–Crippen MR) is 180 cm³/mol. The highest BCUT2D eigenvalue weighted by molar-refractivity contribution is 6.12. The van der Waals surface area contributed by atoms with E-state index in [1.165, 1.54) is 88.7 Å². The van der Waals surface area contributed by atoms with Crippen molar-refractivity contribution < 1.29 is 0 Å². The summed E-state index contributed by atoms with van der Waals surface area (Å²) in [6.07, 6.45) is 0. The average molecular weight is 538 g/mol. The first-order valence-corrected chi connectivity index (χ1v) is 14.7. The topological polar surface area (TPSA) is 3.24 Å². The Morgan fingerprint density at radius 1 is 0.381 bits per heavy atom. The number of aryl methyl sites for hydroxylation is 3. The van der Waals surface area contributed by atoms with Crippen molar-refractivity contribution in [3.05, 3.63) is 150 Å². The monoisotopic (exact) mass is 537 g/mol. The Labute approximate surface area is 247 Å². The highest BCUT2D eigenvalue weighted by Crippen LogP contribution is 2.51. The van der Waals surface area contributed by atoms with Crippen LogP contribution in [0.3, 0.4) is 0 Å². The lowest BCUT2D eigenvalue weighted by atomic mass is 9.77. The predicted octanol–water partition coefficient (Wildman–Crippen LogP) is 11.7. The fraction of sp³-hybridized carbons (Fsp3) is 0.0732. The second-order valence-electron chi connectivity index (χ2n) is 11.7. The molecule has 42 heavy (non-hydrogen) atoms. The van der Waals surface area contributed by atoms with Crippen molar-refractivity contribution >= 4 is 38.6 Å². The summed E-state index contributed by atoms with van der Waals surface area (Å²) in [5.74, 6) is 0. The molecule has 1 aliphatic carbocycles. The Hall–Kier alpha value is -5.14. The van der Waals surface area contributed by atoms with E-state index in [9.17, 15) is 0 Å². The van der Waals surface area contributed by atoms with Gasteiger partial charge in [-0.15, -0.1) is 0 Å². The van der Waals surface area contributed by atoms with Crippen LogP contribution in [0.1, 0.15) is 16.7 Å². The molecule has 0 fully saturated rings. The van der Waals surface area contributed by atoms with Crippen LogP contribution in [0.5, 0.6) is 0 Å². The first-order valence-electron chi connectivity index (χ1n) is 14.7. The summed E-state index contributed by atoms with van der Waals surface area (Å²) in [6, 6.07) is 49.3. The summed E-state index contributed by atoms with van der Waals surface area (Å²) in [5, 5.41) is 5.11. The molecule has 8 rings (SSSR count). The lowest BCUT2D eigenvalue weighted by Gasteiger charge is -2.30. The number of fused-ring (bicyclic) bond motifs is 6. The standard InChI is InChI=1S/C41H31N/c1-26-13-14-28(3)41(19-26)42(40-12-8-7-9-27(40)2)35-18-17-32-23-37-36-22-31-16-15-30(29-10-5-4-6-11-29)20-33(31)24-38(36)39(37)25-34(32)21-35/h4-25H,1-3H3. The Balaban J connectivity index is 1.25. The van der Waals surface area contributed by atoms with Crippen LogP contribution in [0, 0.1) is 20.8 Å². The molecule has 0 radical (unpaired) electrons. The lowest BCUT2D eigenvalue weighted by Crippen LogP contribution is -2.13. The molecule has 0 N–H and O–H groups in total. The van der Waals surface area contributed by atoms with Gasteiger partial charge in [0.1, 0.15) is 0 Å². The summed E-state index contributed by atoms with van der Waals surface area (Å²) >= 11 is 0. The average Bonchev–Trinajstić information content (AvgIpc) is 3.02. The first-order chi connectivity index (χ1) is 20.5. The highest BCUT2D eigenvalue weighted by atomic mass is 15.1. The molecular formula is C41H31N. The van der Waals surface area contributed by atoms with Crippen LogP contribution in [0.15, 0.2) is 133 Å². The second-order valence-corrected chi connectivity index (χ2v) is 11.7. The summed E-state index contributed by atoms with van der Waals surface area (Å²) in [5.41, 5.74) is 15.3. The number of para-hydroxylation sites is 1. The van der Waals surface area contributed by atoms with Crippen LogP contribution in [0.2, 0.25) is 0 Å². The van der Waals surface area contributed by atoms with Crippen molar-refractivity contribution in [2.75, 3.05) is 4.90 Å². The van der Waals surface area contributed by atoms with E-state index in [0.717, 1.165) is 0 Å². The summed E-state index contributed by atoms with van der Waals surface area (Å²) in [7, 11) is 0. The number of hydrogen-bond acceptors (Lipinski definition) is 1. The molecule has 0 amide bonds. The number of anilines is 3. The van der Waals surface area contributed by atoms with Gasteiger partial charge in [-0.1, -0.05) is 78.9 Å². The van der Waals surface area contributed by atoms with Crippen LogP contribution in [-0.2, 0) is 0 Å². The maximum Gasteiger partial charge on any atom is 0.0493 e. The van der Waals surface area contributed by atoms with Crippen molar-refractivity contribution in [3.8, 4) is 33.4 Å². The van der Waals surface area contributed by atoms with Gasteiger partial charge in [-0.2, -0.15) is 0 Å². The third-order valence-corrected chi connectivity index (χ3v) is 8.84. The van der Waals surface area contributed by atoms with Gasteiger partial charge in [0.2, 0.25) is 0 Å². The smallest absolute Gasteiger partial charge is 0.0493 e. The maximum atomic E-state index is 2.42. The highest BCUT2D eigenvalue weighted by Gasteiger charge is 2.24. The molecule has 0 atom stereocenters. The van der Waals surface area contributed by atoms with Gasteiger partial charge in [-0.25, -0.2) is 0 Å². The fourth-order valence-corrected chi connectivity index (χ4v) is 6.54. The molecule has 0 aliphatic heterocycles. The van der Waals surface area contributed by atoms with E-state index in [-0.39, 0.29) is 0 Å². The van der Waals surface area contributed by atoms with E-state index in [4.69, 9.17) is 0 Å². The van der Waals surface area contributed by atoms with Gasteiger partial charge in [0.15, 0.2) is 0 Å². The molecule has 0 heterocycles. The number of nitrogens with zero attached hydrogens (tertiary/aromatic N) is 1. The van der Waals surface area contributed by atoms with Gasteiger partial charge < -0.3 is 4.90 Å².